The Labute approximate surface area is 100 Å². The summed E-state index contributed by atoms with van der Waals surface area (Å²) in [5.41, 5.74) is 0. The second-order valence-electron chi connectivity index (χ2n) is 4.05. The molecule has 88 valence electrons. The Bertz CT molecular complexity index is 337. The fraction of sp³-hybridized carbons (Fsp3) is 0.583. The lowest BCUT2D eigenvalue weighted by Gasteiger charge is -2.16. The number of amides is 1. The summed E-state index contributed by atoms with van der Waals surface area (Å²) in [6.45, 7) is 4.68. The fourth-order valence-electron chi connectivity index (χ4n) is 2.10. The van der Waals surface area contributed by atoms with Crippen LogP contribution in [0, 0.1) is 0 Å². The molecule has 1 aromatic heterocycles. The van der Waals surface area contributed by atoms with Crippen molar-refractivity contribution in [2.75, 3.05) is 19.6 Å². The van der Waals surface area contributed by atoms with Crippen molar-refractivity contribution in [2.24, 2.45) is 0 Å². The Morgan fingerprint density at radius 1 is 1.62 bits per heavy atom. The molecular formula is C12H18N2OS. The van der Waals surface area contributed by atoms with Crippen LogP contribution in [0.5, 0.6) is 0 Å². The Kier molecular flexibility index (Phi) is 3.96. The Hall–Kier alpha value is -0.870. The lowest BCUT2D eigenvalue weighted by molar-refractivity contribution is -0.129. The quantitative estimate of drug-likeness (QED) is 0.843. The van der Waals surface area contributed by atoms with Crippen molar-refractivity contribution >= 4 is 17.2 Å². The smallest absolute Gasteiger partial charge is 0.239 e. The fourth-order valence-corrected chi connectivity index (χ4v) is 2.79. The van der Waals surface area contributed by atoms with Crippen molar-refractivity contribution in [3.63, 3.8) is 0 Å². The molecule has 2 rings (SSSR count). The monoisotopic (exact) mass is 238 g/mol. The van der Waals surface area contributed by atoms with Crippen LogP contribution in [0.1, 0.15) is 18.2 Å². The SMILES string of the molecule is CCNC1CCN(CCc2cccs2)C1=O. The van der Waals surface area contributed by atoms with Gasteiger partial charge in [-0.15, -0.1) is 11.3 Å². The van der Waals surface area contributed by atoms with Gasteiger partial charge in [-0.1, -0.05) is 13.0 Å². The molecule has 1 unspecified atom stereocenters. The Morgan fingerprint density at radius 2 is 2.50 bits per heavy atom. The number of likely N-dealkylation sites (tertiary alicyclic amines) is 1. The zero-order valence-corrected chi connectivity index (χ0v) is 10.4. The number of rotatable bonds is 5. The van der Waals surface area contributed by atoms with Gasteiger partial charge in [0.1, 0.15) is 0 Å². The lowest BCUT2D eigenvalue weighted by atomic mass is 10.2. The highest BCUT2D eigenvalue weighted by Gasteiger charge is 2.30. The topological polar surface area (TPSA) is 32.3 Å². The van der Waals surface area contributed by atoms with Crippen molar-refractivity contribution in [1.82, 2.24) is 10.2 Å². The van der Waals surface area contributed by atoms with Crippen LogP contribution in [0.4, 0.5) is 0 Å². The van der Waals surface area contributed by atoms with Crippen molar-refractivity contribution in [3.8, 4) is 0 Å². The summed E-state index contributed by atoms with van der Waals surface area (Å²) in [4.78, 5) is 15.3. The average molecular weight is 238 g/mol. The predicted octanol–water partition coefficient (Wildman–Crippen LogP) is 1.50. The second kappa shape index (κ2) is 5.46. The lowest BCUT2D eigenvalue weighted by Crippen LogP contribution is -2.38. The summed E-state index contributed by atoms with van der Waals surface area (Å²) >= 11 is 1.76. The normalized spacial score (nSPS) is 20.7. The molecule has 1 aliphatic rings. The zero-order chi connectivity index (χ0) is 11.4. The molecule has 0 aromatic carbocycles. The van der Waals surface area contributed by atoms with Crippen molar-refractivity contribution < 1.29 is 4.79 Å². The first-order valence-electron chi connectivity index (χ1n) is 5.86. The summed E-state index contributed by atoms with van der Waals surface area (Å²) in [5, 5.41) is 5.31. The minimum atomic E-state index is 0.0633. The van der Waals surface area contributed by atoms with Crippen LogP contribution in [0.25, 0.3) is 0 Å². The third-order valence-electron chi connectivity index (χ3n) is 2.96. The van der Waals surface area contributed by atoms with Gasteiger partial charge in [0.15, 0.2) is 0 Å². The molecule has 1 fully saturated rings. The van der Waals surface area contributed by atoms with Crippen LogP contribution < -0.4 is 5.32 Å². The summed E-state index contributed by atoms with van der Waals surface area (Å²) in [7, 11) is 0. The van der Waals surface area contributed by atoms with Gasteiger partial charge < -0.3 is 10.2 Å². The molecule has 2 heterocycles. The van der Waals surface area contributed by atoms with Gasteiger partial charge in [-0.3, -0.25) is 4.79 Å². The number of hydrogen-bond donors (Lipinski definition) is 1. The van der Waals surface area contributed by atoms with E-state index >= 15 is 0 Å². The van der Waals surface area contributed by atoms with Crippen molar-refractivity contribution in [3.05, 3.63) is 22.4 Å². The molecule has 0 aliphatic carbocycles. The van der Waals surface area contributed by atoms with Crippen LogP contribution in [0.3, 0.4) is 0 Å². The van der Waals surface area contributed by atoms with E-state index in [1.54, 1.807) is 11.3 Å². The van der Waals surface area contributed by atoms with E-state index in [0.717, 1.165) is 32.5 Å². The van der Waals surface area contributed by atoms with E-state index in [-0.39, 0.29) is 11.9 Å². The maximum atomic E-state index is 11.9. The van der Waals surface area contributed by atoms with E-state index in [2.05, 4.69) is 22.8 Å². The Balaban J connectivity index is 1.81. The number of carbonyl (C=O) groups excluding carboxylic acids is 1. The molecule has 0 radical (unpaired) electrons. The third-order valence-corrected chi connectivity index (χ3v) is 3.89. The van der Waals surface area contributed by atoms with Gasteiger partial charge in [-0.25, -0.2) is 0 Å². The molecular weight excluding hydrogens is 220 g/mol. The highest BCUT2D eigenvalue weighted by atomic mass is 32.1. The van der Waals surface area contributed by atoms with Gasteiger partial charge in [-0.05, 0) is 30.8 Å². The molecule has 16 heavy (non-hydrogen) atoms. The maximum Gasteiger partial charge on any atom is 0.239 e. The number of nitrogens with one attached hydrogen (secondary N) is 1. The van der Waals surface area contributed by atoms with Crippen molar-refractivity contribution in [1.29, 1.82) is 0 Å². The van der Waals surface area contributed by atoms with Crippen LogP contribution in [-0.4, -0.2) is 36.5 Å². The number of nitrogens with zero attached hydrogens (tertiary/aromatic N) is 1. The molecule has 4 heteroatoms. The minimum absolute atomic E-state index is 0.0633. The molecule has 3 nitrogen and oxygen atoms in total. The molecule has 1 aromatic rings. The Morgan fingerprint density at radius 3 is 3.19 bits per heavy atom. The van der Waals surface area contributed by atoms with Gasteiger partial charge >= 0.3 is 0 Å². The third kappa shape index (κ3) is 2.62. The van der Waals surface area contributed by atoms with Gasteiger partial charge in [0, 0.05) is 18.0 Å². The van der Waals surface area contributed by atoms with E-state index in [1.165, 1.54) is 4.88 Å². The molecule has 1 saturated heterocycles. The van der Waals surface area contributed by atoms with Gasteiger partial charge in [0.2, 0.25) is 5.91 Å². The molecule has 1 amide bonds. The average Bonchev–Trinajstić information content (AvgIpc) is 2.89. The van der Waals surface area contributed by atoms with Crippen LogP contribution >= 0.6 is 11.3 Å². The number of carbonyl (C=O) groups is 1. The first-order valence-corrected chi connectivity index (χ1v) is 6.73. The molecule has 1 N–H and O–H groups in total. The molecule has 1 atom stereocenters. The van der Waals surface area contributed by atoms with Crippen molar-refractivity contribution in [2.45, 2.75) is 25.8 Å². The largest absolute Gasteiger partial charge is 0.341 e. The maximum absolute atomic E-state index is 11.9. The molecule has 0 spiro atoms. The summed E-state index contributed by atoms with van der Waals surface area (Å²) < 4.78 is 0. The van der Waals surface area contributed by atoms with E-state index < -0.39 is 0 Å². The van der Waals surface area contributed by atoms with Crippen LogP contribution in [-0.2, 0) is 11.2 Å². The summed E-state index contributed by atoms with van der Waals surface area (Å²) in [5.74, 6) is 0.276. The van der Waals surface area contributed by atoms with Gasteiger partial charge in [0.25, 0.3) is 0 Å². The molecule has 1 aliphatic heterocycles. The minimum Gasteiger partial charge on any atom is -0.341 e. The first kappa shape index (κ1) is 11.6. The van der Waals surface area contributed by atoms with Crippen LogP contribution in [0.15, 0.2) is 17.5 Å². The summed E-state index contributed by atoms with van der Waals surface area (Å²) in [6, 6.07) is 4.26. The van der Waals surface area contributed by atoms with Gasteiger partial charge in [0.05, 0.1) is 6.04 Å². The molecule has 0 bridgehead atoms. The summed E-state index contributed by atoms with van der Waals surface area (Å²) in [6.07, 6.45) is 1.94. The van der Waals surface area contributed by atoms with E-state index in [9.17, 15) is 4.79 Å². The van der Waals surface area contributed by atoms with E-state index in [4.69, 9.17) is 0 Å². The standard InChI is InChI=1S/C12H18N2OS/c1-2-13-11-6-8-14(12(11)15)7-5-10-4-3-9-16-10/h3-4,9,11,13H,2,5-8H2,1H3. The predicted molar refractivity (Wildman–Crippen MR) is 66.7 cm³/mol. The first-order chi connectivity index (χ1) is 7.81. The van der Waals surface area contributed by atoms with Crippen LogP contribution in [0.2, 0.25) is 0 Å². The number of thiophene rings is 1. The molecule has 0 saturated carbocycles. The zero-order valence-electron chi connectivity index (χ0n) is 9.61. The second-order valence-corrected chi connectivity index (χ2v) is 5.09. The van der Waals surface area contributed by atoms with Gasteiger partial charge in [-0.2, -0.15) is 0 Å². The highest BCUT2D eigenvalue weighted by molar-refractivity contribution is 7.09. The van der Waals surface area contributed by atoms with E-state index in [1.807, 2.05) is 11.8 Å². The number of likely N-dealkylation sites (N-methyl/N-ethyl adjacent to an activating group) is 1. The van der Waals surface area contributed by atoms with E-state index in [0.29, 0.717) is 0 Å². The number of hydrogen-bond acceptors (Lipinski definition) is 3. The highest BCUT2D eigenvalue weighted by Crippen LogP contribution is 2.14.